The van der Waals surface area contributed by atoms with Crippen LogP contribution in [-0.2, 0) is 9.47 Å². The van der Waals surface area contributed by atoms with Gasteiger partial charge in [-0.05, 0) is 24.3 Å². The van der Waals surface area contributed by atoms with Gasteiger partial charge >= 0.3 is 0 Å². The largest absolute Gasteiger partial charge is 0.396 e. The van der Waals surface area contributed by atoms with Crippen molar-refractivity contribution in [1.82, 2.24) is 0 Å². The van der Waals surface area contributed by atoms with Gasteiger partial charge in [0, 0.05) is 18.8 Å². The van der Waals surface area contributed by atoms with E-state index in [1.54, 1.807) is 0 Å². The van der Waals surface area contributed by atoms with Crippen LogP contribution < -0.4 is 0 Å². The number of rotatable bonds is 3. The summed E-state index contributed by atoms with van der Waals surface area (Å²) in [6.45, 7) is 1.62. The lowest BCUT2D eigenvalue weighted by atomic mass is 9.75. The van der Waals surface area contributed by atoms with Crippen molar-refractivity contribution in [2.75, 3.05) is 19.8 Å². The van der Waals surface area contributed by atoms with Gasteiger partial charge in [0.15, 0.2) is 5.79 Å². The molecule has 1 heterocycles. The second kappa shape index (κ2) is 5.61. The number of hydrogen-bond acceptors (Lipinski definition) is 3. The van der Waals surface area contributed by atoms with Crippen LogP contribution in [0.2, 0.25) is 0 Å². The summed E-state index contributed by atoms with van der Waals surface area (Å²) in [5, 5.41) is 9.78. The topological polar surface area (TPSA) is 38.7 Å². The fourth-order valence-corrected chi connectivity index (χ4v) is 3.57. The zero-order chi connectivity index (χ0) is 13.1. The van der Waals surface area contributed by atoms with Gasteiger partial charge in [0.05, 0.1) is 19.8 Å². The Morgan fingerprint density at radius 3 is 2.63 bits per heavy atom. The minimum Gasteiger partial charge on any atom is -0.396 e. The number of benzene rings is 1. The number of ether oxygens (including phenoxy) is 2. The Morgan fingerprint density at radius 2 is 1.95 bits per heavy atom. The molecule has 1 spiro atoms. The SMILES string of the molecule is OCC(c1ccccc1)[C@@H]1CCCC2(C1)OCCO2. The third kappa shape index (κ3) is 2.69. The van der Waals surface area contributed by atoms with Gasteiger partial charge in [0.25, 0.3) is 0 Å². The molecule has 1 saturated carbocycles. The normalized spacial score (nSPS) is 27.5. The molecule has 2 atom stereocenters. The molecule has 1 aliphatic carbocycles. The Balaban J connectivity index is 1.76. The van der Waals surface area contributed by atoms with Crippen LogP contribution in [0.1, 0.15) is 37.2 Å². The quantitative estimate of drug-likeness (QED) is 0.910. The molecule has 0 aromatic heterocycles. The molecule has 1 aromatic rings. The van der Waals surface area contributed by atoms with E-state index in [9.17, 15) is 5.11 Å². The number of hydrogen-bond donors (Lipinski definition) is 1. The highest BCUT2D eigenvalue weighted by Crippen LogP contribution is 2.44. The van der Waals surface area contributed by atoms with Gasteiger partial charge in [0.1, 0.15) is 0 Å². The summed E-state index contributed by atoms with van der Waals surface area (Å²) in [7, 11) is 0. The van der Waals surface area contributed by atoms with E-state index in [1.165, 1.54) is 5.56 Å². The monoisotopic (exact) mass is 262 g/mol. The van der Waals surface area contributed by atoms with E-state index in [-0.39, 0.29) is 18.3 Å². The van der Waals surface area contributed by atoms with Crippen molar-refractivity contribution in [2.45, 2.75) is 37.4 Å². The Morgan fingerprint density at radius 1 is 1.21 bits per heavy atom. The molecule has 3 nitrogen and oxygen atoms in total. The summed E-state index contributed by atoms with van der Waals surface area (Å²) < 4.78 is 11.7. The average Bonchev–Trinajstić information content (AvgIpc) is 2.89. The minimum absolute atomic E-state index is 0.199. The predicted molar refractivity (Wildman–Crippen MR) is 72.9 cm³/mol. The van der Waals surface area contributed by atoms with Crippen molar-refractivity contribution in [1.29, 1.82) is 0 Å². The Labute approximate surface area is 114 Å². The van der Waals surface area contributed by atoms with Crippen molar-refractivity contribution in [2.24, 2.45) is 5.92 Å². The summed E-state index contributed by atoms with van der Waals surface area (Å²) in [6, 6.07) is 10.3. The van der Waals surface area contributed by atoms with Crippen LogP contribution in [0.25, 0.3) is 0 Å². The highest BCUT2D eigenvalue weighted by atomic mass is 16.7. The molecule has 3 rings (SSSR count). The predicted octanol–water partition coefficient (Wildman–Crippen LogP) is 2.70. The van der Waals surface area contributed by atoms with E-state index in [1.807, 2.05) is 18.2 Å². The maximum absolute atomic E-state index is 9.78. The van der Waals surface area contributed by atoms with Gasteiger partial charge < -0.3 is 14.6 Å². The Hall–Kier alpha value is -0.900. The lowest BCUT2D eigenvalue weighted by Crippen LogP contribution is -2.38. The second-order valence-electron chi connectivity index (χ2n) is 5.66. The highest BCUT2D eigenvalue weighted by molar-refractivity contribution is 5.20. The van der Waals surface area contributed by atoms with Gasteiger partial charge in [-0.3, -0.25) is 0 Å². The molecule has 1 saturated heterocycles. The van der Waals surface area contributed by atoms with Gasteiger partial charge in [-0.1, -0.05) is 30.3 Å². The molecule has 0 amide bonds. The zero-order valence-corrected chi connectivity index (χ0v) is 11.3. The van der Waals surface area contributed by atoms with Crippen LogP contribution in [0, 0.1) is 5.92 Å². The number of aliphatic hydroxyl groups is 1. The summed E-state index contributed by atoms with van der Waals surface area (Å²) in [5.74, 6) is 0.288. The molecular formula is C16H22O3. The van der Waals surface area contributed by atoms with Crippen LogP contribution in [0.3, 0.4) is 0 Å². The summed E-state index contributed by atoms with van der Waals surface area (Å²) in [6.07, 6.45) is 4.17. The minimum atomic E-state index is -0.356. The molecule has 3 heteroatoms. The molecular weight excluding hydrogens is 240 g/mol. The lowest BCUT2D eigenvalue weighted by Gasteiger charge is -2.39. The van der Waals surface area contributed by atoms with Crippen LogP contribution in [-0.4, -0.2) is 30.7 Å². The molecule has 0 radical (unpaired) electrons. The van der Waals surface area contributed by atoms with Gasteiger partial charge in [-0.15, -0.1) is 0 Å². The van der Waals surface area contributed by atoms with Crippen LogP contribution in [0.15, 0.2) is 30.3 Å². The van der Waals surface area contributed by atoms with Gasteiger partial charge in [-0.25, -0.2) is 0 Å². The van der Waals surface area contributed by atoms with E-state index >= 15 is 0 Å². The van der Waals surface area contributed by atoms with Crippen LogP contribution >= 0.6 is 0 Å². The first-order chi connectivity index (χ1) is 9.33. The lowest BCUT2D eigenvalue weighted by molar-refractivity contribution is -0.189. The van der Waals surface area contributed by atoms with Crippen molar-refractivity contribution in [3.05, 3.63) is 35.9 Å². The van der Waals surface area contributed by atoms with Crippen LogP contribution in [0.5, 0.6) is 0 Å². The third-order valence-corrected chi connectivity index (χ3v) is 4.51. The first kappa shape index (κ1) is 13.1. The van der Waals surface area contributed by atoms with Crippen molar-refractivity contribution < 1.29 is 14.6 Å². The zero-order valence-electron chi connectivity index (χ0n) is 11.3. The first-order valence-electron chi connectivity index (χ1n) is 7.27. The van der Waals surface area contributed by atoms with E-state index < -0.39 is 0 Å². The smallest absolute Gasteiger partial charge is 0.168 e. The fourth-order valence-electron chi connectivity index (χ4n) is 3.57. The number of aliphatic hydroxyl groups excluding tert-OH is 1. The maximum Gasteiger partial charge on any atom is 0.168 e. The van der Waals surface area contributed by atoms with Crippen molar-refractivity contribution in [3.8, 4) is 0 Å². The Bertz CT molecular complexity index is 398. The van der Waals surface area contributed by atoms with Gasteiger partial charge in [0.2, 0.25) is 0 Å². The maximum atomic E-state index is 9.78. The summed E-state index contributed by atoms with van der Waals surface area (Å²) in [4.78, 5) is 0. The highest BCUT2D eigenvalue weighted by Gasteiger charge is 2.43. The van der Waals surface area contributed by atoms with E-state index in [4.69, 9.17) is 9.47 Å². The van der Waals surface area contributed by atoms with E-state index in [0.29, 0.717) is 19.1 Å². The molecule has 2 fully saturated rings. The van der Waals surface area contributed by atoms with Crippen LogP contribution in [0.4, 0.5) is 0 Å². The van der Waals surface area contributed by atoms with Crippen molar-refractivity contribution in [3.63, 3.8) is 0 Å². The Kier molecular flexibility index (Phi) is 3.87. The van der Waals surface area contributed by atoms with Gasteiger partial charge in [-0.2, -0.15) is 0 Å². The molecule has 1 aromatic carbocycles. The summed E-state index contributed by atoms with van der Waals surface area (Å²) in [5.41, 5.74) is 1.23. The molecule has 1 N–H and O–H groups in total. The average molecular weight is 262 g/mol. The first-order valence-corrected chi connectivity index (χ1v) is 7.27. The molecule has 1 unspecified atom stereocenters. The standard InChI is InChI=1S/C16H22O3/c17-12-15(13-5-2-1-3-6-13)14-7-4-8-16(11-14)18-9-10-19-16/h1-3,5-6,14-15,17H,4,7-12H2/t14-,15?/m1/s1. The van der Waals surface area contributed by atoms with Crippen molar-refractivity contribution >= 4 is 0 Å². The molecule has 19 heavy (non-hydrogen) atoms. The molecule has 104 valence electrons. The molecule has 0 bridgehead atoms. The fraction of sp³-hybridized carbons (Fsp3) is 0.625. The molecule has 2 aliphatic rings. The third-order valence-electron chi connectivity index (χ3n) is 4.51. The van der Waals surface area contributed by atoms with E-state index in [0.717, 1.165) is 25.7 Å². The van der Waals surface area contributed by atoms with E-state index in [2.05, 4.69) is 12.1 Å². The second-order valence-corrected chi connectivity index (χ2v) is 5.66. The summed E-state index contributed by atoms with van der Waals surface area (Å²) >= 11 is 0. The molecule has 1 aliphatic heterocycles.